The number of ether oxygens (including phenoxy) is 3. The normalized spacial score (nSPS) is 12.2. The highest BCUT2D eigenvalue weighted by Crippen LogP contribution is 2.17. The average molecular weight is 902 g/mol. The number of carbonyl (C=O) groups excluding carboxylic acids is 2. The highest BCUT2D eigenvalue weighted by Gasteiger charge is 2.17. The molecule has 0 aliphatic carbocycles. The maximum Gasteiger partial charge on any atom is 0.306 e. The molecular weight excluding hydrogens is 789 g/mol. The standard InChI is InChI=1S/C59H112O5/c1-4-7-10-13-16-19-22-24-26-28-29-30-32-34-36-39-42-45-48-51-54-62-55-57(64-59(61)53-50-47-44-41-37-21-18-15-12-9-6-3)56-63-58(60)52-49-46-43-40-38-35-33-31-27-25-23-20-17-14-11-8-5-2/h17,20,25,27,57H,4-16,18-19,21-24,26,28-56H2,1-3H3/b20-17-,27-25-. The van der Waals surface area contributed by atoms with E-state index in [-0.39, 0.29) is 18.5 Å². The molecule has 0 N–H and O–H groups in total. The smallest absolute Gasteiger partial charge is 0.306 e. The van der Waals surface area contributed by atoms with E-state index in [2.05, 4.69) is 45.1 Å². The Balaban J connectivity index is 4.15. The molecule has 0 saturated heterocycles. The van der Waals surface area contributed by atoms with Gasteiger partial charge in [-0.25, -0.2) is 0 Å². The first-order valence-electron chi connectivity index (χ1n) is 28.9. The molecule has 0 rings (SSSR count). The van der Waals surface area contributed by atoms with Crippen LogP contribution in [0, 0.1) is 0 Å². The van der Waals surface area contributed by atoms with Gasteiger partial charge >= 0.3 is 11.9 Å². The Morgan fingerprint density at radius 1 is 0.344 bits per heavy atom. The molecule has 0 amide bonds. The van der Waals surface area contributed by atoms with Gasteiger partial charge in [-0.1, -0.05) is 276 Å². The van der Waals surface area contributed by atoms with Crippen LogP contribution in [0.4, 0.5) is 0 Å². The van der Waals surface area contributed by atoms with Crippen molar-refractivity contribution in [3.05, 3.63) is 24.3 Å². The largest absolute Gasteiger partial charge is 0.462 e. The minimum Gasteiger partial charge on any atom is -0.462 e. The molecule has 0 aliphatic heterocycles. The average Bonchev–Trinajstić information content (AvgIpc) is 3.30. The van der Waals surface area contributed by atoms with Crippen LogP contribution in [0.1, 0.15) is 316 Å². The first-order valence-corrected chi connectivity index (χ1v) is 28.9. The summed E-state index contributed by atoms with van der Waals surface area (Å²) in [6.07, 6.45) is 66.3. The van der Waals surface area contributed by atoms with Gasteiger partial charge in [0.15, 0.2) is 6.10 Å². The van der Waals surface area contributed by atoms with E-state index in [0.717, 1.165) is 38.5 Å². The Labute approximate surface area is 400 Å². The summed E-state index contributed by atoms with van der Waals surface area (Å²) in [5.41, 5.74) is 0. The molecule has 0 aromatic rings. The molecule has 0 aromatic heterocycles. The second-order valence-corrected chi connectivity index (χ2v) is 19.6. The predicted octanol–water partition coefficient (Wildman–Crippen LogP) is 19.6. The SMILES string of the molecule is CCCCC/C=C\C/C=C\CCCCCCCCCC(=O)OCC(COCCCCCCCCCCCCCCCCCCCCCC)OC(=O)CCCCCCCCCCCCC. The lowest BCUT2D eigenvalue weighted by Gasteiger charge is -2.18. The molecule has 64 heavy (non-hydrogen) atoms. The molecule has 5 heteroatoms. The molecule has 0 aromatic carbocycles. The van der Waals surface area contributed by atoms with Crippen molar-refractivity contribution in [1.29, 1.82) is 0 Å². The van der Waals surface area contributed by atoms with Crippen LogP contribution in [0.5, 0.6) is 0 Å². The van der Waals surface area contributed by atoms with Crippen molar-refractivity contribution >= 4 is 11.9 Å². The Morgan fingerprint density at radius 3 is 1.06 bits per heavy atom. The lowest BCUT2D eigenvalue weighted by molar-refractivity contribution is -0.163. The second-order valence-electron chi connectivity index (χ2n) is 19.6. The third-order valence-corrected chi connectivity index (χ3v) is 13.0. The van der Waals surface area contributed by atoms with Crippen molar-refractivity contribution in [2.24, 2.45) is 0 Å². The summed E-state index contributed by atoms with van der Waals surface area (Å²) < 4.78 is 17.5. The molecule has 0 heterocycles. The fourth-order valence-corrected chi connectivity index (χ4v) is 8.66. The number of unbranched alkanes of at least 4 members (excludes halogenated alkanes) is 39. The number of rotatable bonds is 54. The second kappa shape index (κ2) is 55.7. The van der Waals surface area contributed by atoms with Crippen LogP contribution in [0.2, 0.25) is 0 Å². The van der Waals surface area contributed by atoms with Crippen molar-refractivity contribution in [2.45, 2.75) is 322 Å². The number of hydrogen-bond acceptors (Lipinski definition) is 5. The topological polar surface area (TPSA) is 61.8 Å². The zero-order valence-electron chi connectivity index (χ0n) is 43.6. The van der Waals surface area contributed by atoms with Gasteiger partial charge in [-0.2, -0.15) is 0 Å². The Hall–Kier alpha value is -1.62. The van der Waals surface area contributed by atoms with Gasteiger partial charge in [-0.3, -0.25) is 9.59 Å². The van der Waals surface area contributed by atoms with Gasteiger partial charge in [-0.05, 0) is 51.4 Å². The first kappa shape index (κ1) is 62.4. The van der Waals surface area contributed by atoms with Crippen LogP contribution in [0.3, 0.4) is 0 Å². The van der Waals surface area contributed by atoms with E-state index in [1.165, 1.54) is 244 Å². The molecule has 1 unspecified atom stereocenters. The van der Waals surface area contributed by atoms with Gasteiger partial charge in [0.2, 0.25) is 0 Å². The van der Waals surface area contributed by atoms with Crippen LogP contribution in [-0.2, 0) is 23.8 Å². The molecule has 5 nitrogen and oxygen atoms in total. The van der Waals surface area contributed by atoms with E-state index in [4.69, 9.17) is 14.2 Å². The van der Waals surface area contributed by atoms with Crippen molar-refractivity contribution in [2.75, 3.05) is 19.8 Å². The lowest BCUT2D eigenvalue weighted by Crippen LogP contribution is -2.30. The molecule has 0 spiro atoms. The highest BCUT2D eigenvalue weighted by molar-refractivity contribution is 5.70. The molecule has 1 atom stereocenters. The summed E-state index contributed by atoms with van der Waals surface area (Å²) in [7, 11) is 0. The zero-order valence-corrected chi connectivity index (χ0v) is 43.6. The molecule has 378 valence electrons. The van der Waals surface area contributed by atoms with Crippen LogP contribution in [-0.4, -0.2) is 37.9 Å². The Bertz CT molecular complexity index is 974. The van der Waals surface area contributed by atoms with Crippen LogP contribution >= 0.6 is 0 Å². The van der Waals surface area contributed by atoms with E-state index < -0.39 is 6.10 Å². The summed E-state index contributed by atoms with van der Waals surface area (Å²) in [4.78, 5) is 25.4. The number of hydrogen-bond donors (Lipinski definition) is 0. The van der Waals surface area contributed by atoms with Gasteiger partial charge in [0.25, 0.3) is 0 Å². The lowest BCUT2D eigenvalue weighted by atomic mass is 10.0. The van der Waals surface area contributed by atoms with Crippen LogP contribution in [0.15, 0.2) is 24.3 Å². The monoisotopic (exact) mass is 901 g/mol. The minimum atomic E-state index is -0.531. The summed E-state index contributed by atoms with van der Waals surface area (Å²) in [6, 6.07) is 0. The van der Waals surface area contributed by atoms with Crippen molar-refractivity contribution in [3.8, 4) is 0 Å². The van der Waals surface area contributed by atoms with E-state index in [1.54, 1.807) is 0 Å². The Kier molecular flexibility index (Phi) is 54.3. The van der Waals surface area contributed by atoms with Gasteiger partial charge in [0, 0.05) is 19.4 Å². The van der Waals surface area contributed by atoms with Crippen molar-refractivity contribution < 1.29 is 23.8 Å². The quantitative estimate of drug-likeness (QED) is 0.0346. The zero-order chi connectivity index (χ0) is 46.3. The van der Waals surface area contributed by atoms with Crippen LogP contribution in [0.25, 0.3) is 0 Å². The van der Waals surface area contributed by atoms with E-state index in [0.29, 0.717) is 26.1 Å². The highest BCUT2D eigenvalue weighted by atomic mass is 16.6. The van der Waals surface area contributed by atoms with E-state index in [9.17, 15) is 9.59 Å². The third kappa shape index (κ3) is 53.0. The summed E-state index contributed by atoms with van der Waals surface area (Å²) in [6.45, 7) is 7.86. The van der Waals surface area contributed by atoms with Crippen LogP contribution < -0.4 is 0 Å². The molecule has 0 saturated carbocycles. The minimum absolute atomic E-state index is 0.0891. The van der Waals surface area contributed by atoms with Crippen molar-refractivity contribution in [1.82, 2.24) is 0 Å². The van der Waals surface area contributed by atoms with E-state index >= 15 is 0 Å². The fraction of sp³-hybridized carbons (Fsp3) is 0.898. The van der Waals surface area contributed by atoms with Gasteiger partial charge < -0.3 is 14.2 Å². The molecule has 0 fully saturated rings. The summed E-state index contributed by atoms with van der Waals surface area (Å²) in [5, 5.41) is 0. The number of esters is 2. The fourth-order valence-electron chi connectivity index (χ4n) is 8.66. The molecule has 0 radical (unpaired) electrons. The molecular formula is C59H112O5. The first-order chi connectivity index (χ1) is 31.6. The van der Waals surface area contributed by atoms with E-state index in [1.807, 2.05) is 0 Å². The van der Waals surface area contributed by atoms with Gasteiger partial charge in [0.1, 0.15) is 6.61 Å². The number of allylic oxidation sites excluding steroid dienone is 4. The molecule has 0 aliphatic rings. The Morgan fingerprint density at radius 2 is 0.656 bits per heavy atom. The van der Waals surface area contributed by atoms with Gasteiger partial charge in [-0.15, -0.1) is 0 Å². The third-order valence-electron chi connectivity index (χ3n) is 13.0. The maximum absolute atomic E-state index is 12.8. The predicted molar refractivity (Wildman–Crippen MR) is 279 cm³/mol. The molecule has 0 bridgehead atoms. The summed E-state index contributed by atoms with van der Waals surface area (Å²) in [5.74, 6) is -0.385. The van der Waals surface area contributed by atoms with Crippen molar-refractivity contribution in [3.63, 3.8) is 0 Å². The summed E-state index contributed by atoms with van der Waals surface area (Å²) >= 11 is 0. The van der Waals surface area contributed by atoms with Gasteiger partial charge in [0.05, 0.1) is 6.61 Å². The number of carbonyl (C=O) groups is 2. The maximum atomic E-state index is 12.8.